The van der Waals surface area contributed by atoms with Gasteiger partial charge in [-0.15, -0.1) is 0 Å². The number of nitrogens with zero attached hydrogens (tertiary/aromatic N) is 4. The second-order valence-corrected chi connectivity index (χ2v) is 9.98. The highest BCUT2D eigenvalue weighted by Gasteiger charge is 2.38. The molecule has 2 fully saturated rings. The van der Waals surface area contributed by atoms with Crippen LogP contribution in [-0.4, -0.2) is 76.8 Å². The lowest BCUT2D eigenvalue weighted by molar-refractivity contribution is 0.168. The molecule has 2 aromatic heterocycles. The van der Waals surface area contributed by atoms with E-state index in [1.54, 1.807) is 6.33 Å². The van der Waals surface area contributed by atoms with E-state index in [1.165, 1.54) is 4.31 Å². The molecule has 0 bridgehead atoms. The van der Waals surface area contributed by atoms with Gasteiger partial charge in [0.15, 0.2) is 0 Å². The van der Waals surface area contributed by atoms with Crippen molar-refractivity contribution in [2.45, 2.75) is 37.8 Å². The van der Waals surface area contributed by atoms with E-state index >= 15 is 0 Å². The second-order valence-electron chi connectivity index (χ2n) is 7.96. The van der Waals surface area contributed by atoms with E-state index in [0.717, 1.165) is 42.5 Å². The van der Waals surface area contributed by atoms with E-state index in [1.807, 2.05) is 19.3 Å². The molecule has 0 spiro atoms. The molecule has 1 saturated heterocycles. The Morgan fingerprint density at radius 3 is 2.72 bits per heavy atom. The van der Waals surface area contributed by atoms with Gasteiger partial charge in [0.05, 0.1) is 17.2 Å². The molecular formula is C18H26N6O4S. The molecule has 2 aromatic rings. The highest BCUT2D eigenvalue weighted by Crippen LogP contribution is 2.32. The minimum absolute atomic E-state index is 0.133. The molecule has 2 aliphatic rings. The Bertz CT molecular complexity index is 979. The van der Waals surface area contributed by atoms with Crippen LogP contribution in [-0.2, 0) is 10.0 Å². The molecule has 0 atom stereocenters. The lowest BCUT2D eigenvalue weighted by atomic mass is 9.86. The topological polar surface area (TPSA) is 132 Å². The van der Waals surface area contributed by atoms with Gasteiger partial charge in [-0.05, 0) is 37.7 Å². The monoisotopic (exact) mass is 422 g/mol. The summed E-state index contributed by atoms with van der Waals surface area (Å²) in [4.78, 5) is 24.6. The molecule has 1 aliphatic heterocycles. The lowest BCUT2D eigenvalue weighted by Gasteiger charge is -2.40. The maximum atomic E-state index is 12.6. The predicted octanol–water partition coefficient (Wildman–Crippen LogP) is 1.23. The summed E-state index contributed by atoms with van der Waals surface area (Å²) in [6.07, 6.45) is 5.81. The number of anilines is 1. The molecule has 0 aromatic carbocycles. The smallest absolute Gasteiger partial charge is 0.404 e. The standard InChI is InChI=1S/C18H26N6O4S/c1-23(17-15-6-7-19-16(15)20-11-21-17)14-4-2-12(3-5-14)10-29(27,28)24-8-13(9-24)22-18(25)26/h6-7,11-14,22H,2-5,8-10H2,1H3,(H,25,26)(H,19,20,21). The number of fused-ring (bicyclic) bond motifs is 1. The first kappa shape index (κ1) is 19.9. The molecule has 1 aliphatic carbocycles. The van der Waals surface area contributed by atoms with Gasteiger partial charge in [0.1, 0.15) is 17.8 Å². The fourth-order valence-electron chi connectivity index (χ4n) is 4.35. The first-order chi connectivity index (χ1) is 13.8. The van der Waals surface area contributed by atoms with Crippen molar-refractivity contribution < 1.29 is 18.3 Å². The van der Waals surface area contributed by atoms with Crippen molar-refractivity contribution in [3.63, 3.8) is 0 Å². The zero-order valence-electron chi connectivity index (χ0n) is 16.3. The molecule has 3 N–H and O–H groups in total. The largest absolute Gasteiger partial charge is 0.465 e. The quantitative estimate of drug-likeness (QED) is 0.638. The van der Waals surface area contributed by atoms with Crippen LogP contribution < -0.4 is 10.2 Å². The molecule has 10 nitrogen and oxygen atoms in total. The Kier molecular flexibility index (Phi) is 5.34. The summed E-state index contributed by atoms with van der Waals surface area (Å²) in [6, 6.07) is 1.98. The molecule has 11 heteroatoms. The predicted molar refractivity (Wildman–Crippen MR) is 108 cm³/mol. The summed E-state index contributed by atoms with van der Waals surface area (Å²) in [6.45, 7) is 0.459. The summed E-state index contributed by atoms with van der Waals surface area (Å²) in [5, 5.41) is 12.0. The number of aromatic amines is 1. The van der Waals surface area contributed by atoms with Crippen LogP contribution in [0.5, 0.6) is 0 Å². The normalized spacial score (nSPS) is 23.6. The number of carboxylic acid groups (broad SMARTS) is 1. The van der Waals surface area contributed by atoms with E-state index in [-0.39, 0.29) is 30.8 Å². The Hall–Kier alpha value is -2.40. The van der Waals surface area contributed by atoms with Crippen LogP contribution in [0.1, 0.15) is 25.7 Å². The Labute approximate surface area is 169 Å². The number of aromatic nitrogens is 3. The molecule has 29 heavy (non-hydrogen) atoms. The van der Waals surface area contributed by atoms with Crippen LogP contribution >= 0.6 is 0 Å². The van der Waals surface area contributed by atoms with Gasteiger partial charge < -0.3 is 20.3 Å². The van der Waals surface area contributed by atoms with Crippen molar-refractivity contribution >= 4 is 33.0 Å². The number of hydrogen-bond acceptors (Lipinski definition) is 6. The fourth-order valence-corrected chi connectivity index (χ4v) is 6.30. The molecule has 3 heterocycles. The maximum absolute atomic E-state index is 12.6. The van der Waals surface area contributed by atoms with Crippen LogP contribution in [0.3, 0.4) is 0 Å². The van der Waals surface area contributed by atoms with Crippen molar-refractivity contribution in [3.05, 3.63) is 18.6 Å². The van der Waals surface area contributed by atoms with Gasteiger partial charge in [0.25, 0.3) is 0 Å². The molecule has 0 unspecified atom stereocenters. The summed E-state index contributed by atoms with van der Waals surface area (Å²) in [5.41, 5.74) is 0.812. The first-order valence-corrected chi connectivity index (χ1v) is 11.4. The summed E-state index contributed by atoms with van der Waals surface area (Å²) >= 11 is 0. The van der Waals surface area contributed by atoms with Gasteiger partial charge in [-0.25, -0.2) is 23.2 Å². The Morgan fingerprint density at radius 1 is 1.31 bits per heavy atom. The van der Waals surface area contributed by atoms with Gasteiger partial charge in [0.2, 0.25) is 10.0 Å². The van der Waals surface area contributed by atoms with Gasteiger partial charge in [-0.3, -0.25) is 0 Å². The molecule has 1 saturated carbocycles. The number of rotatable bonds is 6. The number of amides is 1. The van der Waals surface area contributed by atoms with Gasteiger partial charge in [-0.1, -0.05) is 0 Å². The van der Waals surface area contributed by atoms with Crippen LogP contribution in [0.25, 0.3) is 11.0 Å². The molecule has 158 valence electrons. The summed E-state index contributed by atoms with van der Waals surface area (Å²) < 4.78 is 26.6. The van der Waals surface area contributed by atoms with Crippen LogP contribution in [0.4, 0.5) is 10.6 Å². The fraction of sp³-hybridized carbons (Fsp3) is 0.611. The van der Waals surface area contributed by atoms with Crippen molar-refractivity contribution in [2.75, 3.05) is 30.8 Å². The minimum atomic E-state index is -3.34. The highest BCUT2D eigenvalue weighted by molar-refractivity contribution is 7.89. The average Bonchev–Trinajstić information content (AvgIpc) is 3.12. The van der Waals surface area contributed by atoms with E-state index in [9.17, 15) is 13.2 Å². The molecule has 4 rings (SSSR count). The Morgan fingerprint density at radius 2 is 2.03 bits per heavy atom. The van der Waals surface area contributed by atoms with Gasteiger partial charge in [-0.2, -0.15) is 4.31 Å². The number of H-pyrrole nitrogens is 1. The second kappa shape index (κ2) is 7.79. The third kappa shape index (κ3) is 4.15. The lowest BCUT2D eigenvalue weighted by Crippen LogP contribution is -2.61. The minimum Gasteiger partial charge on any atom is -0.465 e. The third-order valence-electron chi connectivity index (χ3n) is 6.05. The Balaban J connectivity index is 1.30. The van der Waals surface area contributed by atoms with Crippen LogP contribution in [0.15, 0.2) is 18.6 Å². The van der Waals surface area contributed by atoms with Gasteiger partial charge >= 0.3 is 6.09 Å². The number of nitrogens with one attached hydrogen (secondary N) is 2. The van der Waals surface area contributed by atoms with Crippen molar-refractivity contribution in [3.8, 4) is 0 Å². The summed E-state index contributed by atoms with van der Waals surface area (Å²) in [5.74, 6) is 1.16. The van der Waals surface area contributed by atoms with E-state index in [0.29, 0.717) is 6.04 Å². The molecular weight excluding hydrogens is 396 g/mol. The van der Waals surface area contributed by atoms with E-state index < -0.39 is 16.1 Å². The number of sulfonamides is 1. The van der Waals surface area contributed by atoms with Crippen LogP contribution in [0.2, 0.25) is 0 Å². The van der Waals surface area contributed by atoms with Gasteiger partial charge in [0, 0.05) is 32.4 Å². The third-order valence-corrected chi connectivity index (χ3v) is 8.02. The van der Waals surface area contributed by atoms with Crippen molar-refractivity contribution in [1.29, 1.82) is 0 Å². The summed E-state index contributed by atoms with van der Waals surface area (Å²) in [7, 11) is -1.31. The zero-order chi connectivity index (χ0) is 20.6. The van der Waals surface area contributed by atoms with Crippen molar-refractivity contribution in [2.24, 2.45) is 5.92 Å². The number of carbonyl (C=O) groups is 1. The van der Waals surface area contributed by atoms with E-state index in [2.05, 4.69) is 25.2 Å². The highest BCUT2D eigenvalue weighted by atomic mass is 32.2. The molecule has 0 radical (unpaired) electrons. The average molecular weight is 423 g/mol. The molecule has 1 amide bonds. The maximum Gasteiger partial charge on any atom is 0.404 e. The van der Waals surface area contributed by atoms with Crippen LogP contribution in [0, 0.1) is 5.92 Å². The van der Waals surface area contributed by atoms with Crippen molar-refractivity contribution in [1.82, 2.24) is 24.6 Å². The number of hydrogen-bond donors (Lipinski definition) is 3. The first-order valence-electron chi connectivity index (χ1n) is 9.81. The van der Waals surface area contributed by atoms with E-state index in [4.69, 9.17) is 5.11 Å². The SMILES string of the molecule is CN(c1ncnc2[nH]ccc12)C1CCC(CS(=O)(=O)N2CC(NC(=O)O)C2)CC1. The zero-order valence-corrected chi connectivity index (χ0v) is 17.1.